The molecule has 2 aliphatic carbocycles. The highest BCUT2D eigenvalue weighted by molar-refractivity contribution is 5.44. The van der Waals surface area contributed by atoms with E-state index < -0.39 is 6.10 Å². The summed E-state index contributed by atoms with van der Waals surface area (Å²) in [5, 5.41) is 9.63. The minimum atomic E-state index is -0.404. The van der Waals surface area contributed by atoms with Gasteiger partial charge in [0.1, 0.15) is 5.82 Å². The zero-order chi connectivity index (χ0) is 11.8. The van der Waals surface area contributed by atoms with E-state index in [0.717, 1.165) is 23.8 Å². The normalized spacial score (nSPS) is 21.3. The minimum Gasteiger partial charge on any atom is -0.389 e. The van der Waals surface area contributed by atoms with E-state index in [9.17, 15) is 5.11 Å². The van der Waals surface area contributed by atoms with Gasteiger partial charge in [-0.1, -0.05) is 0 Å². The lowest BCUT2D eigenvalue weighted by Gasteiger charge is -2.24. The van der Waals surface area contributed by atoms with Gasteiger partial charge in [0.15, 0.2) is 0 Å². The molecule has 0 spiro atoms. The smallest absolute Gasteiger partial charge is 0.129 e. The zero-order valence-corrected chi connectivity index (χ0v) is 10.3. The Kier molecular flexibility index (Phi) is 2.79. The fourth-order valence-electron chi connectivity index (χ4n) is 2.25. The highest BCUT2D eigenvalue weighted by atomic mass is 16.3. The fraction of sp³-hybridized carbons (Fsp3) is 0.643. The lowest BCUT2D eigenvalue weighted by molar-refractivity contribution is 0.199. The third-order valence-corrected chi connectivity index (χ3v) is 3.69. The Morgan fingerprint density at radius 3 is 2.76 bits per heavy atom. The number of nitrogens with zero attached hydrogens (tertiary/aromatic N) is 2. The number of aromatic nitrogens is 1. The molecule has 2 aliphatic rings. The van der Waals surface area contributed by atoms with Gasteiger partial charge >= 0.3 is 0 Å². The van der Waals surface area contributed by atoms with Crippen molar-refractivity contribution in [3.8, 4) is 0 Å². The summed E-state index contributed by atoms with van der Waals surface area (Å²) in [4.78, 5) is 6.93. The van der Waals surface area contributed by atoms with Crippen LogP contribution in [0, 0.1) is 5.92 Å². The van der Waals surface area contributed by atoms with Crippen LogP contribution < -0.4 is 4.90 Å². The van der Waals surface area contributed by atoms with E-state index in [2.05, 4.69) is 9.88 Å². The molecule has 17 heavy (non-hydrogen) atoms. The molecule has 3 rings (SSSR count). The molecule has 0 radical (unpaired) electrons. The quantitative estimate of drug-likeness (QED) is 0.847. The van der Waals surface area contributed by atoms with E-state index in [0.29, 0.717) is 6.04 Å². The number of anilines is 1. The molecule has 1 N–H and O–H groups in total. The van der Waals surface area contributed by atoms with E-state index in [4.69, 9.17) is 0 Å². The van der Waals surface area contributed by atoms with Crippen molar-refractivity contribution < 1.29 is 5.11 Å². The maximum atomic E-state index is 9.63. The van der Waals surface area contributed by atoms with Gasteiger partial charge in [-0.2, -0.15) is 0 Å². The maximum absolute atomic E-state index is 9.63. The fourth-order valence-corrected chi connectivity index (χ4v) is 2.25. The van der Waals surface area contributed by atoms with Gasteiger partial charge in [-0.3, -0.25) is 0 Å². The van der Waals surface area contributed by atoms with Crippen LogP contribution in [0.15, 0.2) is 18.3 Å². The van der Waals surface area contributed by atoms with Crippen molar-refractivity contribution in [3.05, 3.63) is 23.9 Å². The molecule has 0 aliphatic heterocycles. The number of aliphatic hydroxyl groups excluding tert-OH is 1. The average molecular weight is 232 g/mol. The molecular weight excluding hydrogens is 212 g/mol. The number of aliphatic hydroxyl groups is 1. The summed E-state index contributed by atoms with van der Waals surface area (Å²) < 4.78 is 0. The summed E-state index contributed by atoms with van der Waals surface area (Å²) in [6, 6.07) is 4.65. The topological polar surface area (TPSA) is 36.4 Å². The van der Waals surface area contributed by atoms with Gasteiger partial charge in [-0.25, -0.2) is 4.98 Å². The predicted molar refractivity (Wildman–Crippen MR) is 68.0 cm³/mol. The van der Waals surface area contributed by atoms with Gasteiger partial charge in [0.25, 0.3) is 0 Å². The van der Waals surface area contributed by atoms with Gasteiger partial charge in [0.05, 0.1) is 6.10 Å². The first-order chi connectivity index (χ1) is 8.24. The molecule has 92 valence electrons. The van der Waals surface area contributed by atoms with E-state index >= 15 is 0 Å². The van der Waals surface area contributed by atoms with Crippen LogP contribution in [0.5, 0.6) is 0 Å². The molecule has 1 aromatic heterocycles. The standard InChI is InChI=1S/C14H20N2O/c1-10(17)12-6-7-15-14(8-12)16(13-4-5-13)9-11-2-3-11/h6-8,10-11,13,17H,2-5,9H2,1H3. The van der Waals surface area contributed by atoms with Crippen LogP contribution >= 0.6 is 0 Å². The maximum Gasteiger partial charge on any atom is 0.129 e. The van der Waals surface area contributed by atoms with Crippen molar-refractivity contribution in [1.82, 2.24) is 4.98 Å². The Balaban J connectivity index is 1.80. The number of hydrogen-bond donors (Lipinski definition) is 1. The van der Waals surface area contributed by atoms with Gasteiger partial charge in [-0.05, 0) is 56.2 Å². The molecule has 1 heterocycles. The Hall–Kier alpha value is -1.09. The molecular formula is C14H20N2O. The van der Waals surface area contributed by atoms with E-state index in [1.807, 2.05) is 25.3 Å². The van der Waals surface area contributed by atoms with Crippen molar-refractivity contribution in [2.75, 3.05) is 11.4 Å². The van der Waals surface area contributed by atoms with E-state index in [-0.39, 0.29) is 0 Å². The second kappa shape index (κ2) is 4.30. The molecule has 1 aromatic rings. The van der Waals surface area contributed by atoms with Crippen LogP contribution in [-0.2, 0) is 0 Å². The van der Waals surface area contributed by atoms with Gasteiger partial charge < -0.3 is 10.0 Å². The lowest BCUT2D eigenvalue weighted by Crippen LogP contribution is -2.29. The van der Waals surface area contributed by atoms with Crippen LogP contribution in [-0.4, -0.2) is 22.7 Å². The molecule has 0 aromatic carbocycles. The van der Waals surface area contributed by atoms with E-state index in [1.54, 1.807) is 0 Å². The van der Waals surface area contributed by atoms with E-state index in [1.165, 1.54) is 25.7 Å². The van der Waals surface area contributed by atoms with Gasteiger partial charge in [0.2, 0.25) is 0 Å². The molecule has 0 bridgehead atoms. The molecule has 2 fully saturated rings. The summed E-state index contributed by atoms with van der Waals surface area (Å²) in [6.45, 7) is 2.96. The molecule has 0 amide bonds. The van der Waals surface area contributed by atoms with Crippen molar-refractivity contribution in [2.45, 2.75) is 44.8 Å². The molecule has 1 atom stereocenters. The molecule has 3 heteroatoms. The molecule has 3 nitrogen and oxygen atoms in total. The summed E-state index contributed by atoms with van der Waals surface area (Å²) in [6.07, 6.45) is 6.76. The van der Waals surface area contributed by atoms with Crippen LogP contribution in [0.25, 0.3) is 0 Å². The van der Waals surface area contributed by atoms with Crippen molar-refractivity contribution in [1.29, 1.82) is 0 Å². The third kappa shape index (κ3) is 2.60. The van der Waals surface area contributed by atoms with Crippen LogP contribution in [0.3, 0.4) is 0 Å². The second-order valence-electron chi connectivity index (χ2n) is 5.45. The molecule has 0 saturated heterocycles. The Labute approximate surface area is 102 Å². The molecule has 1 unspecified atom stereocenters. The van der Waals surface area contributed by atoms with Gasteiger partial charge in [-0.15, -0.1) is 0 Å². The summed E-state index contributed by atoms with van der Waals surface area (Å²) in [5.74, 6) is 1.94. The highest BCUT2D eigenvalue weighted by Crippen LogP contribution is 2.37. The number of hydrogen-bond acceptors (Lipinski definition) is 3. The SMILES string of the molecule is CC(O)c1ccnc(N(CC2CC2)C2CC2)c1. The first-order valence-corrected chi connectivity index (χ1v) is 6.64. The first-order valence-electron chi connectivity index (χ1n) is 6.64. The van der Waals surface area contributed by atoms with Crippen molar-refractivity contribution >= 4 is 5.82 Å². The molecule has 2 saturated carbocycles. The number of rotatable bonds is 5. The van der Waals surface area contributed by atoms with Crippen molar-refractivity contribution in [3.63, 3.8) is 0 Å². The highest BCUT2D eigenvalue weighted by Gasteiger charge is 2.34. The average Bonchev–Trinajstić information content (AvgIpc) is 3.18. The summed E-state index contributed by atoms with van der Waals surface area (Å²) in [5.41, 5.74) is 0.969. The Bertz CT molecular complexity index is 397. The van der Waals surface area contributed by atoms with Crippen LogP contribution in [0.4, 0.5) is 5.82 Å². The summed E-state index contributed by atoms with van der Waals surface area (Å²) in [7, 11) is 0. The van der Waals surface area contributed by atoms with Crippen molar-refractivity contribution in [2.24, 2.45) is 5.92 Å². The van der Waals surface area contributed by atoms with Crippen LogP contribution in [0.2, 0.25) is 0 Å². The number of pyridine rings is 1. The summed E-state index contributed by atoms with van der Waals surface area (Å²) >= 11 is 0. The predicted octanol–water partition coefficient (Wildman–Crippen LogP) is 2.51. The zero-order valence-electron chi connectivity index (χ0n) is 10.3. The van der Waals surface area contributed by atoms with Gasteiger partial charge in [0, 0.05) is 18.8 Å². The second-order valence-corrected chi connectivity index (χ2v) is 5.45. The third-order valence-electron chi connectivity index (χ3n) is 3.69. The van der Waals surface area contributed by atoms with Crippen LogP contribution in [0.1, 0.15) is 44.3 Å². The largest absolute Gasteiger partial charge is 0.389 e. The first kappa shape index (κ1) is 11.0. The lowest BCUT2D eigenvalue weighted by atomic mass is 10.1. The Morgan fingerprint density at radius 1 is 1.41 bits per heavy atom. The monoisotopic (exact) mass is 232 g/mol. The Morgan fingerprint density at radius 2 is 2.18 bits per heavy atom. The minimum absolute atomic E-state index is 0.404.